The van der Waals surface area contributed by atoms with Crippen LogP contribution in [-0.4, -0.2) is 28.8 Å². The maximum Gasteiger partial charge on any atom is 0.388 e. The van der Waals surface area contributed by atoms with Crippen LogP contribution in [-0.2, 0) is 4.57 Å². The summed E-state index contributed by atoms with van der Waals surface area (Å²) in [4.78, 5) is 19.0. The van der Waals surface area contributed by atoms with Gasteiger partial charge in [0.05, 0.1) is 12.0 Å². The van der Waals surface area contributed by atoms with Gasteiger partial charge < -0.3 is 28.5 Å². The fourth-order valence-corrected chi connectivity index (χ4v) is 4.89. The first-order chi connectivity index (χ1) is 13.4. The summed E-state index contributed by atoms with van der Waals surface area (Å²) in [5, 5.41) is 4.11. The van der Waals surface area contributed by atoms with Crippen LogP contribution in [0.4, 0.5) is 0 Å². The maximum absolute atomic E-state index is 11.4. The van der Waals surface area contributed by atoms with Gasteiger partial charge in [0, 0.05) is 11.1 Å². The fraction of sp³-hybridized carbons (Fsp3) is 0.167. The molecule has 0 saturated heterocycles. The lowest BCUT2D eigenvalue weighted by molar-refractivity contribution is 0.173. The van der Waals surface area contributed by atoms with E-state index in [1.807, 2.05) is 19.1 Å². The summed E-state index contributed by atoms with van der Waals surface area (Å²) in [6, 6.07) is 8.81. The van der Waals surface area contributed by atoms with E-state index in [1.54, 1.807) is 18.2 Å². The Hall–Kier alpha value is -2.45. The van der Waals surface area contributed by atoms with Gasteiger partial charge in [0.1, 0.15) is 17.7 Å². The molecule has 8 nitrogen and oxygen atoms in total. The highest BCUT2D eigenvalue weighted by molar-refractivity contribution is 8.54. The first-order valence-electron chi connectivity index (χ1n) is 8.14. The van der Waals surface area contributed by atoms with Gasteiger partial charge in [0.25, 0.3) is 0 Å². The Labute approximate surface area is 164 Å². The Kier molecular flexibility index (Phi) is 4.84. The minimum Gasteiger partial charge on any atom is -0.496 e. The molecule has 28 heavy (non-hydrogen) atoms. The monoisotopic (exact) mass is 421 g/mol. The summed E-state index contributed by atoms with van der Waals surface area (Å²) >= 11 is 0.438. The van der Waals surface area contributed by atoms with Gasteiger partial charge in [-0.3, -0.25) is 0 Å². The molecule has 0 saturated carbocycles. The Balaban J connectivity index is 1.79. The quantitative estimate of drug-likeness (QED) is 0.584. The molecule has 0 radical (unpaired) electrons. The number of fused-ring (bicyclic) bond motifs is 1. The number of rotatable bonds is 5. The van der Waals surface area contributed by atoms with E-state index < -0.39 is 6.80 Å². The number of methoxy groups -OCH3 is 1. The molecule has 146 valence electrons. The van der Waals surface area contributed by atoms with Crippen LogP contribution in [0.2, 0.25) is 0 Å². The van der Waals surface area contributed by atoms with E-state index in [-0.39, 0.29) is 6.79 Å². The predicted molar refractivity (Wildman–Crippen MR) is 103 cm³/mol. The van der Waals surface area contributed by atoms with Gasteiger partial charge in [0.2, 0.25) is 6.79 Å². The molecular weight excluding hydrogens is 405 g/mol. The second kappa shape index (κ2) is 7.18. The number of ether oxygens (including phenoxy) is 3. The topological polar surface area (TPSA) is 111 Å². The van der Waals surface area contributed by atoms with E-state index in [2.05, 4.69) is 5.16 Å². The Bertz CT molecular complexity index is 1090. The summed E-state index contributed by atoms with van der Waals surface area (Å²) in [7, 11) is 1.44. The minimum absolute atomic E-state index is 0.173. The third-order valence-corrected chi connectivity index (χ3v) is 6.25. The van der Waals surface area contributed by atoms with Gasteiger partial charge in [-0.1, -0.05) is 11.2 Å². The van der Waals surface area contributed by atoms with E-state index in [9.17, 15) is 14.4 Å². The molecule has 2 N–H and O–H groups in total. The van der Waals surface area contributed by atoms with Crippen LogP contribution < -0.4 is 14.2 Å². The average molecular weight is 421 g/mol. The predicted octanol–water partition coefficient (Wildman–Crippen LogP) is 4.24. The lowest BCUT2D eigenvalue weighted by atomic mass is 10.00. The van der Waals surface area contributed by atoms with E-state index in [1.165, 1.54) is 13.4 Å². The third kappa shape index (κ3) is 3.62. The molecule has 0 unspecified atom stereocenters. The van der Waals surface area contributed by atoms with Crippen molar-refractivity contribution < 1.29 is 33.1 Å². The molecule has 2 aromatic carbocycles. The SMILES string of the molecule is COc1ccc(-c2conc2-c2cc(C)c3c(c2)OCO3)cc1SP(=O)(O)O. The summed E-state index contributed by atoms with van der Waals surface area (Å²) < 4.78 is 32.8. The number of aryl methyl sites for hydroxylation is 1. The molecule has 2 heterocycles. The number of hydrogen-bond donors (Lipinski definition) is 2. The zero-order valence-electron chi connectivity index (χ0n) is 14.9. The van der Waals surface area contributed by atoms with Crippen molar-refractivity contribution >= 4 is 18.2 Å². The first-order valence-corrected chi connectivity index (χ1v) is 11.2. The first kappa shape index (κ1) is 18.9. The number of hydrogen-bond acceptors (Lipinski definition) is 7. The van der Waals surface area contributed by atoms with Crippen molar-refractivity contribution in [2.45, 2.75) is 11.8 Å². The van der Waals surface area contributed by atoms with E-state index in [4.69, 9.17) is 18.7 Å². The van der Waals surface area contributed by atoms with E-state index in [0.29, 0.717) is 50.3 Å². The maximum atomic E-state index is 11.4. The van der Waals surface area contributed by atoms with Crippen LogP contribution in [0.25, 0.3) is 22.4 Å². The molecule has 0 bridgehead atoms. The van der Waals surface area contributed by atoms with Crippen molar-refractivity contribution in [3.05, 3.63) is 42.2 Å². The van der Waals surface area contributed by atoms with Crippen molar-refractivity contribution in [3.8, 4) is 39.6 Å². The van der Waals surface area contributed by atoms with Gasteiger partial charge in [-0.2, -0.15) is 0 Å². The largest absolute Gasteiger partial charge is 0.496 e. The molecule has 0 spiro atoms. The van der Waals surface area contributed by atoms with E-state index >= 15 is 0 Å². The Morgan fingerprint density at radius 1 is 1.18 bits per heavy atom. The van der Waals surface area contributed by atoms with Crippen molar-refractivity contribution in [2.75, 3.05) is 13.9 Å². The number of aromatic nitrogens is 1. The van der Waals surface area contributed by atoms with Gasteiger partial charge in [-0.25, -0.2) is 4.57 Å². The standard InChI is InChI=1S/C18H16NO7PS/c1-10-5-12(6-15-18(10)25-9-24-15)17-13(8-26-19-17)11-3-4-14(23-2)16(7-11)28-27(20,21)22/h3-8H,9H2,1-2H3,(H2,20,21,22). The molecule has 0 atom stereocenters. The molecule has 0 aliphatic carbocycles. The highest BCUT2D eigenvalue weighted by Gasteiger charge is 2.23. The molecule has 1 aliphatic heterocycles. The normalized spacial score (nSPS) is 13.0. The van der Waals surface area contributed by atoms with Crippen LogP contribution in [0, 0.1) is 6.92 Å². The van der Waals surface area contributed by atoms with Crippen LogP contribution >= 0.6 is 18.2 Å². The van der Waals surface area contributed by atoms with Crippen LogP contribution in [0.1, 0.15) is 5.56 Å². The van der Waals surface area contributed by atoms with Crippen LogP contribution in [0.5, 0.6) is 17.2 Å². The van der Waals surface area contributed by atoms with Gasteiger partial charge in [-0.15, -0.1) is 0 Å². The van der Waals surface area contributed by atoms with Crippen molar-refractivity contribution in [1.82, 2.24) is 5.16 Å². The lowest BCUT2D eigenvalue weighted by Crippen LogP contribution is -1.93. The summed E-state index contributed by atoms with van der Waals surface area (Å²) in [6.45, 7) is -2.25. The minimum atomic E-state index is -4.34. The average Bonchev–Trinajstić information content (AvgIpc) is 3.29. The van der Waals surface area contributed by atoms with E-state index in [0.717, 1.165) is 11.1 Å². The Morgan fingerprint density at radius 3 is 2.75 bits per heavy atom. The molecule has 10 heteroatoms. The highest BCUT2D eigenvalue weighted by atomic mass is 32.7. The molecule has 0 fully saturated rings. The summed E-state index contributed by atoms with van der Waals surface area (Å²) in [6.07, 6.45) is 1.49. The van der Waals surface area contributed by atoms with Gasteiger partial charge in [0.15, 0.2) is 11.5 Å². The highest BCUT2D eigenvalue weighted by Crippen LogP contribution is 2.57. The third-order valence-electron chi connectivity index (χ3n) is 4.19. The van der Waals surface area contributed by atoms with Crippen LogP contribution in [0.15, 0.2) is 46.0 Å². The lowest BCUT2D eigenvalue weighted by Gasteiger charge is -2.11. The van der Waals surface area contributed by atoms with Gasteiger partial charge >= 0.3 is 6.80 Å². The molecule has 1 aromatic heterocycles. The van der Waals surface area contributed by atoms with Gasteiger partial charge in [-0.05, 0) is 53.7 Å². The summed E-state index contributed by atoms with van der Waals surface area (Å²) in [5.41, 5.74) is 3.63. The molecular formula is C18H16NO7PS. The fourth-order valence-electron chi connectivity index (χ4n) is 3.02. The van der Waals surface area contributed by atoms with Crippen molar-refractivity contribution in [2.24, 2.45) is 0 Å². The zero-order valence-corrected chi connectivity index (χ0v) is 16.6. The molecule has 0 amide bonds. The molecule has 3 aromatic rings. The summed E-state index contributed by atoms with van der Waals surface area (Å²) in [5.74, 6) is 1.71. The van der Waals surface area contributed by atoms with Crippen LogP contribution in [0.3, 0.4) is 0 Å². The Morgan fingerprint density at radius 2 is 2.00 bits per heavy atom. The molecule has 1 aliphatic rings. The zero-order chi connectivity index (χ0) is 19.9. The van der Waals surface area contributed by atoms with Crippen molar-refractivity contribution in [3.63, 3.8) is 0 Å². The smallest absolute Gasteiger partial charge is 0.388 e. The number of nitrogens with zero attached hydrogens (tertiary/aromatic N) is 1. The number of benzene rings is 2. The second-order valence-electron chi connectivity index (χ2n) is 6.05. The molecule has 4 rings (SSSR count). The second-order valence-corrected chi connectivity index (χ2v) is 9.63. The van der Waals surface area contributed by atoms with Crippen molar-refractivity contribution in [1.29, 1.82) is 0 Å².